The number of fused-ring (bicyclic) bond motifs is 1. The molecule has 2 heterocycles. The van der Waals surface area contributed by atoms with Crippen LogP contribution in [0.1, 0.15) is 44.1 Å². The van der Waals surface area contributed by atoms with Crippen LogP contribution in [0.15, 0.2) is 11.4 Å². The summed E-state index contributed by atoms with van der Waals surface area (Å²) < 4.78 is 0. The number of carbonyl (C=O) groups is 1. The number of rotatable bonds is 6. The Labute approximate surface area is 131 Å². The predicted molar refractivity (Wildman–Crippen MR) is 86.4 cm³/mol. The first-order valence-corrected chi connectivity index (χ1v) is 8.62. The molecule has 5 heteroatoms. The second-order valence-corrected chi connectivity index (χ2v) is 7.17. The molecule has 2 N–H and O–H groups in total. The Morgan fingerprint density at radius 2 is 2.38 bits per heavy atom. The molecule has 2 unspecified atom stereocenters. The van der Waals surface area contributed by atoms with Crippen molar-refractivity contribution in [1.29, 1.82) is 0 Å². The van der Waals surface area contributed by atoms with Gasteiger partial charge in [-0.2, -0.15) is 0 Å². The van der Waals surface area contributed by atoms with Gasteiger partial charge in [0.1, 0.15) is 5.60 Å². The molecule has 1 aliphatic rings. The highest BCUT2D eigenvalue weighted by Crippen LogP contribution is 2.25. The predicted octanol–water partition coefficient (Wildman–Crippen LogP) is 2.16. The molecule has 0 bridgehead atoms. The van der Waals surface area contributed by atoms with E-state index in [2.05, 4.69) is 28.6 Å². The molecule has 2 rings (SSSR count). The molecule has 0 aliphatic carbocycles. The SMILES string of the molecule is CCCC(C)(O)C(=O)NCC(C)N1CCc2sccc2C1. The summed E-state index contributed by atoms with van der Waals surface area (Å²) in [7, 11) is 0. The Balaban J connectivity index is 1.83. The fourth-order valence-corrected chi connectivity index (χ4v) is 3.70. The Morgan fingerprint density at radius 1 is 1.62 bits per heavy atom. The van der Waals surface area contributed by atoms with Crippen LogP contribution < -0.4 is 5.32 Å². The zero-order valence-corrected chi connectivity index (χ0v) is 14.0. The van der Waals surface area contributed by atoms with Gasteiger partial charge in [-0.25, -0.2) is 0 Å². The van der Waals surface area contributed by atoms with Gasteiger partial charge in [0.25, 0.3) is 5.91 Å². The first-order valence-electron chi connectivity index (χ1n) is 7.74. The normalized spacial score (nSPS) is 19.6. The van der Waals surface area contributed by atoms with Gasteiger partial charge in [-0.3, -0.25) is 9.69 Å². The minimum atomic E-state index is -1.25. The molecule has 0 aromatic carbocycles. The molecule has 0 saturated heterocycles. The molecular weight excluding hydrogens is 284 g/mol. The molecule has 2 atom stereocenters. The molecule has 0 fully saturated rings. The topological polar surface area (TPSA) is 52.6 Å². The van der Waals surface area contributed by atoms with Crippen LogP contribution in [0.25, 0.3) is 0 Å². The van der Waals surface area contributed by atoms with E-state index in [1.54, 1.807) is 6.92 Å². The molecule has 21 heavy (non-hydrogen) atoms. The van der Waals surface area contributed by atoms with Crippen LogP contribution >= 0.6 is 11.3 Å². The largest absolute Gasteiger partial charge is 0.380 e. The van der Waals surface area contributed by atoms with Crippen LogP contribution in [-0.2, 0) is 17.8 Å². The molecule has 1 aliphatic heterocycles. The lowest BCUT2D eigenvalue weighted by molar-refractivity contribution is -0.139. The van der Waals surface area contributed by atoms with E-state index in [-0.39, 0.29) is 11.9 Å². The zero-order valence-electron chi connectivity index (χ0n) is 13.2. The fourth-order valence-electron chi connectivity index (χ4n) is 2.81. The summed E-state index contributed by atoms with van der Waals surface area (Å²) in [6, 6.07) is 2.48. The van der Waals surface area contributed by atoms with Crippen molar-refractivity contribution in [3.63, 3.8) is 0 Å². The van der Waals surface area contributed by atoms with Crippen LogP contribution in [0.2, 0.25) is 0 Å². The van der Waals surface area contributed by atoms with Gasteiger partial charge in [0.05, 0.1) is 0 Å². The molecule has 1 aromatic rings. The van der Waals surface area contributed by atoms with Gasteiger partial charge < -0.3 is 10.4 Å². The van der Waals surface area contributed by atoms with E-state index in [0.717, 1.165) is 25.9 Å². The lowest BCUT2D eigenvalue weighted by Gasteiger charge is -2.33. The maximum absolute atomic E-state index is 12.0. The summed E-state index contributed by atoms with van der Waals surface area (Å²) in [6.45, 7) is 8.27. The van der Waals surface area contributed by atoms with E-state index < -0.39 is 5.60 Å². The van der Waals surface area contributed by atoms with E-state index in [9.17, 15) is 9.90 Å². The van der Waals surface area contributed by atoms with Crippen LogP contribution in [0.3, 0.4) is 0 Å². The van der Waals surface area contributed by atoms with Crippen LogP contribution in [-0.4, -0.2) is 40.6 Å². The highest BCUT2D eigenvalue weighted by Gasteiger charge is 2.29. The summed E-state index contributed by atoms with van der Waals surface area (Å²) in [5.74, 6) is -0.260. The number of amides is 1. The van der Waals surface area contributed by atoms with E-state index >= 15 is 0 Å². The minimum Gasteiger partial charge on any atom is -0.380 e. The number of aliphatic hydroxyl groups is 1. The molecular formula is C16H26N2O2S. The number of hydrogen-bond acceptors (Lipinski definition) is 4. The molecule has 0 saturated carbocycles. The Bertz CT molecular complexity index is 484. The fraction of sp³-hybridized carbons (Fsp3) is 0.688. The first kappa shape index (κ1) is 16.5. The van der Waals surface area contributed by atoms with Crippen LogP contribution in [0.5, 0.6) is 0 Å². The van der Waals surface area contributed by atoms with Crippen LogP contribution in [0, 0.1) is 0 Å². The number of carbonyl (C=O) groups excluding carboxylic acids is 1. The van der Waals surface area contributed by atoms with Crippen molar-refractivity contribution in [2.45, 2.75) is 58.2 Å². The summed E-state index contributed by atoms with van der Waals surface area (Å²) in [5.41, 5.74) is 0.166. The standard InChI is InChI=1S/C16H26N2O2S/c1-4-7-16(3,20)15(19)17-10-12(2)18-8-5-14-13(11-18)6-9-21-14/h6,9,12,20H,4-5,7-8,10-11H2,1-3H3,(H,17,19). The lowest BCUT2D eigenvalue weighted by atomic mass is 9.99. The molecule has 1 aromatic heterocycles. The van der Waals surface area contributed by atoms with Crippen molar-refractivity contribution in [2.75, 3.05) is 13.1 Å². The molecule has 118 valence electrons. The van der Waals surface area contributed by atoms with Crippen molar-refractivity contribution >= 4 is 17.2 Å². The van der Waals surface area contributed by atoms with Crippen molar-refractivity contribution in [2.24, 2.45) is 0 Å². The monoisotopic (exact) mass is 310 g/mol. The third-order valence-electron chi connectivity index (χ3n) is 4.24. The number of nitrogens with one attached hydrogen (secondary N) is 1. The Kier molecular flexibility index (Phi) is 5.41. The molecule has 0 spiro atoms. The average molecular weight is 310 g/mol. The van der Waals surface area contributed by atoms with Crippen molar-refractivity contribution in [3.05, 3.63) is 21.9 Å². The van der Waals surface area contributed by atoms with Gasteiger partial charge in [0.15, 0.2) is 0 Å². The zero-order chi connectivity index (χ0) is 15.5. The van der Waals surface area contributed by atoms with Crippen molar-refractivity contribution in [1.82, 2.24) is 10.2 Å². The minimum absolute atomic E-state index is 0.260. The van der Waals surface area contributed by atoms with Gasteiger partial charge >= 0.3 is 0 Å². The first-order chi connectivity index (χ1) is 9.94. The Morgan fingerprint density at radius 3 is 3.10 bits per heavy atom. The average Bonchev–Trinajstić information content (AvgIpc) is 2.91. The van der Waals surface area contributed by atoms with E-state index in [1.807, 2.05) is 18.3 Å². The van der Waals surface area contributed by atoms with Gasteiger partial charge in [-0.05, 0) is 43.7 Å². The van der Waals surface area contributed by atoms with Crippen LogP contribution in [0.4, 0.5) is 0 Å². The summed E-state index contributed by atoms with van der Waals surface area (Å²) >= 11 is 1.84. The van der Waals surface area contributed by atoms with Gasteiger partial charge in [0.2, 0.25) is 0 Å². The van der Waals surface area contributed by atoms with E-state index in [4.69, 9.17) is 0 Å². The maximum Gasteiger partial charge on any atom is 0.251 e. The second-order valence-electron chi connectivity index (χ2n) is 6.17. The highest BCUT2D eigenvalue weighted by molar-refractivity contribution is 7.10. The number of hydrogen-bond donors (Lipinski definition) is 2. The number of nitrogens with zero attached hydrogens (tertiary/aromatic N) is 1. The number of thiophene rings is 1. The highest BCUT2D eigenvalue weighted by atomic mass is 32.1. The van der Waals surface area contributed by atoms with E-state index in [0.29, 0.717) is 13.0 Å². The Hall–Kier alpha value is -0.910. The second kappa shape index (κ2) is 6.90. The van der Waals surface area contributed by atoms with Gasteiger partial charge in [0, 0.05) is 30.6 Å². The van der Waals surface area contributed by atoms with Gasteiger partial charge in [-0.1, -0.05) is 13.3 Å². The summed E-state index contributed by atoms with van der Waals surface area (Å²) in [6.07, 6.45) is 2.39. The summed E-state index contributed by atoms with van der Waals surface area (Å²) in [5, 5.41) is 15.1. The molecule has 4 nitrogen and oxygen atoms in total. The smallest absolute Gasteiger partial charge is 0.251 e. The van der Waals surface area contributed by atoms with Crippen molar-refractivity contribution < 1.29 is 9.90 Å². The third kappa shape index (κ3) is 4.05. The quantitative estimate of drug-likeness (QED) is 0.846. The van der Waals surface area contributed by atoms with E-state index in [1.165, 1.54) is 10.4 Å². The summed E-state index contributed by atoms with van der Waals surface area (Å²) in [4.78, 5) is 15.9. The molecule has 0 radical (unpaired) electrons. The van der Waals surface area contributed by atoms with Crippen molar-refractivity contribution in [3.8, 4) is 0 Å². The lowest BCUT2D eigenvalue weighted by Crippen LogP contribution is -2.49. The molecule has 1 amide bonds. The third-order valence-corrected chi connectivity index (χ3v) is 5.27. The van der Waals surface area contributed by atoms with Gasteiger partial charge in [-0.15, -0.1) is 11.3 Å². The maximum atomic E-state index is 12.0.